The number of ether oxygens (including phenoxy) is 1. The number of rotatable bonds is 7. The standard InChI is InChI=1S/C29H28N4O4/c34-27(32-15-17-37-18-16-32)21-33-20-22(25-13-7-8-14-26(25)33)19-30-31-28(35)29(36,23-9-3-1-4-10-23)24-11-5-2-6-12-24/h1-14,19-20,36H,15-18,21H2,(H,31,35)/b30-19+. The minimum atomic E-state index is -1.92. The second kappa shape index (κ2) is 10.8. The van der Waals surface area contributed by atoms with Gasteiger partial charge in [-0.3, -0.25) is 9.59 Å². The number of amides is 2. The van der Waals surface area contributed by atoms with Gasteiger partial charge in [0.05, 0.1) is 19.4 Å². The molecular weight excluding hydrogens is 468 g/mol. The highest BCUT2D eigenvalue weighted by molar-refractivity contribution is 6.00. The van der Waals surface area contributed by atoms with Gasteiger partial charge in [-0.25, -0.2) is 5.43 Å². The number of para-hydroxylation sites is 1. The lowest BCUT2D eigenvalue weighted by Gasteiger charge is -2.27. The van der Waals surface area contributed by atoms with E-state index in [0.717, 1.165) is 16.5 Å². The molecule has 188 valence electrons. The fourth-order valence-corrected chi connectivity index (χ4v) is 4.60. The molecule has 0 unspecified atom stereocenters. The molecule has 1 aliphatic rings. The van der Waals surface area contributed by atoms with Crippen LogP contribution in [0.15, 0.2) is 96.2 Å². The molecule has 0 spiro atoms. The van der Waals surface area contributed by atoms with Crippen molar-refractivity contribution in [1.29, 1.82) is 0 Å². The molecule has 0 radical (unpaired) electrons. The van der Waals surface area contributed by atoms with E-state index < -0.39 is 11.5 Å². The third kappa shape index (κ3) is 5.02. The van der Waals surface area contributed by atoms with Gasteiger partial charge in [-0.2, -0.15) is 5.10 Å². The van der Waals surface area contributed by atoms with E-state index in [1.54, 1.807) is 53.4 Å². The molecule has 0 atom stereocenters. The largest absolute Gasteiger partial charge is 0.378 e. The molecule has 2 N–H and O–H groups in total. The van der Waals surface area contributed by atoms with Crippen molar-refractivity contribution in [2.45, 2.75) is 12.1 Å². The number of morpholine rings is 1. The van der Waals surface area contributed by atoms with Crippen LogP contribution in [0.1, 0.15) is 16.7 Å². The van der Waals surface area contributed by atoms with Crippen molar-refractivity contribution in [3.05, 3.63) is 108 Å². The van der Waals surface area contributed by atoms with Crippen molar-refractivity contribution in [3.63, 3.8) is 0 Å². The van der Waals surface area contributed by atoms with Gasteiger partial charge < -0.3 is 19.3 Å². The van der Waals surface area contributed by atoms with Crippen LogP contribution in [0, 0.1) is 0 Å². The minimum Gasteiger partial charge on any atom is -0.378 e. The highest BCUT2D eigenvalue weighted by Crippen LogP contribution is 2.30. The van der Waals surface area contributed by atoms with Crippen LogP contribution in [0.4, 0.5) is 0 Å². The third-order valence-electron chi connectivity index (χ3n) is 6.57. The number of nitrogens with zero attached hydrogens (tertiary/aromatic N) is 3. The van der Waals surface area contributed by atoms with E-state index in [1.807, 2.05) is 47.2 Å². The Morgan fingerprint density at radius 3 is 2.16 bits per heavy atom. The zero-order valence-electron chi connectivity index (χ0n) is 20.3. The molecule has 37 heavy (non-hydrogen) atoms. The SMILES string of the molecule is O=C(Cn1cc(/C=N/NC(=O)C(O)(c2ccccc2)c2ccccc2)c2ccccc21)N1CCOCC1. The maximum atomic E-state index is 13.3. The molecule has 1 saturated heterocycles. The zero-order chi connectivity index (χ0) is 25.7. The Hall–Kier alpha value is -4.27. The van der Waals surface area contributed by atoms with Crippen molar-refractivity contribution in [1.82, 2.24) is 14.9 Å². The van der Waals surface area contributed by atoms with Crippen LogP contribution in [0.2, 0.25) is 0 Å². The number of aliphatic hydroxyl groups is 1. The summed E-state index contributed by atoms with van der Waals surface area (Å²) in [5.74, 6) is -0.649. The van der Waals surface area contributed by atoms with Crippen molar-refractivity contribution in [3.8, 4) is 0 Å². The number of hydrogen-bond donors (Lipinski definition) is 2. The lowest BCUT2D eigenvalue weighted by molar-refractivity contribution is -0.137. The second-order valence-corrected chi connectivity index (χ2v) is 8.86. The zero-order valence-corrected chi connectivity index (χ0v) is 20.3. The second-order valence-electron chi connectivity index (χ2n) is 8.86. The van der Waals surface area contributed by atoms with Crippen molar-refractivity contribution >= 4 is 28.9 Å². The maximum absolute atomic E-state index is 13.3. The first kappa shape index (κ1) is 24.4. The van der Waals surface area contributed by atoms with Crippen LogP contribution in [0.25, 0.3) is 10.9 Å². The van der Waals surface area contributed by atoms with Gasteiger partial charge in [-0.15, -0.1) is 0 Å². The number of benzene rings is 3. The van der Waals surface area contributed by atoms with Crippen LogP contribution in [0.5, 0.6) is 0 Å². The Balaban J connectivity index is 1.38. The molecule has 4 aromatic rings. The lowest BCUT2D eigenvalue weighted by Crippen LogP contribution is -2.43. The van der Waals surface area contributed by atoms with Crippen LogP contribution in [-0.4, -0.2) is 58.9 Å². The van der Waals surface area contributed by atoms with Gasteiger partial charge in [0.25, 0.3) is 5.91 Å². The monoisotopic (exact) mass is 496 g/mol. The summed E-state index contributed by atoms with van der Waals surface area (Å²) in [5.41, 5.74) is 3.11. The average Bonchev–Trinajstić information content (AvgIpc) is 3.31. The smallest absolute Gasteiger partial charge is 0.281 e. The van der Waals surface area contributed by atoms with Gasteiger partial charge in [-0.05, 0) is 17.2 Å². The Labute approximate surface area is 214 Å². The highest BCUT2D eigenvalue weighted by Gasteiger charge is 2.39. The topological polar surface area (TPSA) is 96.2 Å². The quantitative estimate of drug-likeness (QED) is 0.304. The number of carbonyl (C=O) groups excluding carboxylic acids is 2. The Kier molecular flexibility index (Phi) is 7.11. The summed E-state index contributed by atoms with van der Waals surface area (Å²) in [5, 5.41) is 16.7. The predicted molar refractivity (Wildman–Crippen MR) is 141 cm³/mol. The van der Waals surface area contributed by atoms with E-state index in [9.17, 15) is 14.7 Å². The van der Waals surface area contributed by atoms with E-state index in [2.05, 4.69) is 10.5 Å². The highest BCUT2D eigenvalue weighted by atomic mass is 16.5. The molecule has 0 bridgehead atoms. The average molecular weight is 497 g/mol. The van der Waals surface area contributed by atoms with E-state index in [4.69, 9.17) is 4.74 Å². The van der Waals surface area contributed by atoms with Crippen LogP contribution in [0.3, 0.4) is 0 Å². The fraction of sp³-hybridized carbons (Fsp3) is 0.207. The molecule has 1 fully saturated rings. The van der Waals surface area contributed by atoms with E-state index >= 15 is 0 Å². The molecular formula is C29H28N4O4. The third-order valence-corrected chi connectivity index (χ3v) is 6.57. The Morgan fingerprint density at radius 1 is 0.919 bits per heavy atom. The van der Waals surface area contributed by atoms with Gasteiger partial charge >= 0.3 is 0 Å². The predicted octanol–water partition coefficient (Wildman–Crippen LogP) is 2.89. The van der Waals surface area contributed by atoms with Crippen molar-refractivity contribution in [2.75, 3.05) is 26.3 Å². The number of hydrogen-bond acceptors (Lipinski definition) is 5. The normalized spacial score (nSPS) is 14.2. The van der Waals surface area contributed by atoms with Crippen molar-refractivity contribution in [2.24, 2.45) is 5.10 Å². The molecule has 1 aromatic heterocycles. The van der Waals surface area contributed by atoms with Gasteiger partial charge in [0.15, 0.2) is 5.60 Å². The van der Waals surface area contributed by atoms with E-state index in [1.165, 1.54) is 6.21 Å². The molecule has 3 aromatic carbocycles. The fourth-order valence-electron chi connectivity index (χ4n) is 4.60. The Bertz CT molecular complexity index is 1370. The Morgan fingerprint density at radius 2 is 1.51 bits per heavy atom. The number of aromatic nitrogens is 1. The first-order chi connectivity index (χ1) is 18.1. The van der Waals surface area contributed by atoms with Gasteiger partial charge in [0.1, 0.15) is 6.54 Å². The molecule has 2 amide bonds. The number of hydrazone groups is 1. The summed E-state index contributed by atoms with van der Waals surface area (Å²) in [7, 11) is 0. The number of carbonyl (C=O) groups is 2. The van der Waals surface area contributed by atoms with Crippen LogP contribution in [-0.2, 0) is 26.5 Å². The van der Waals surface area contributed by atoms with Gasteiger partial charge in [0.2, 0.25) is 5.91 Å². The summed E-state index contributed by atoms with van der Waals surface area (Å²) in [6, 6.07) is 25.3. The van der Waals surface area contributed by atoms with Gasteiger partial charge in [0, 0.05) is 35.8 Å². The first-order valence-corrected chi connectivity index (χ1v) is 12.2. The number of nitrogens with one attached hydrogen (secondary N) is 1. The summed E-state index contributed by atoms with van der Waals surface area (Å²) < 4.78 is 7.24. The first-order valence-electron chi connectivity index (χ1n) is 12.2. The van der Waals surface area contributed by atoms with Crippen molar-refractivity contribution < 1.29 is 19.4 Å². The summed E-state index contributed by atoms with van der Waals surface area (Å²) in [4.78, 5) is 27.9. The molecule has 0 aliphatic carbocycles. The molecule has 1 aliphatic heterocycles. The molecule has 8 heteroatoms. The summed E-state index contributed by atoms with van der Waals surface area (Å²) in [6.45, 7) is 2.47. The summed E-state index contributed by atoms with van der Waals surface area (Å²) in [6.07, 6.45) is 3.38. The lowest BCUT2D eigenvalue weighted by atomic mass is 9.85. The number of fused-ring (bicyclic) bond motifs is 1. The molecule has 5 rings (SSSR count). The van der Waals surface area contributed by atoms with E-state index in [-0.39, 0.29) is 12.5 Å². The maximum Gasteiger partial charge on any atom is 0.281 e. The minimum absolute atomic E-state index is 0.0247. The molecule has 2 heterocycles. The van der Waals surface area contributed by atoms with Gasteiger partial charge in [-0.1, -0.05) is 78.9 Å². The molecule has 8 nitrogen and oxygen atoms in total. The van der Waals surface area contributed by atoms with Crippen LogP contribution >= 0.6 is 0 Å². The van der Waals surface area contributed by atoms with E-state index in [0.29, 0.717) is 37.4 Å². The molecule has 0 saturated carbocycles. The van der Waals surface area contributed by atoms with Crippen LogP contribution < -0.4 is 5.43 Å². The summed E-state index contributed by atoms with van der Waals surface area (Å²) >= 11 is 0.